The molecule has 1 aromatic rings. The number of hydrogen-bond acceptors (Lipinski definition) is 3. The van der Waals surface area contributed by atoms with E-state index in [-0.39, 0.29) is 34.5 Å². The molecule has 0 N–H and O–H groups in total. The Bertz CT molecular complexity index is 527. The molecule has 0 heterocycles. The van der Waals surface area contributed by atoms with E-state index in [9.17, 15) is 13.0 Å². The molecule has 126 valence electrons. The first-order valence-electron chi connectivity index (χ1n) is 8.45. The maximum atomic E-state index is 11.2. The minimum absolute atomic E-state index is 0. The fourth-order valence-corrected chi connectivity index (χ4v) is 3.44. The van der Waals surface area contributed by atoms with Crippen LogP contribution in [0.25, 0.3) is 0 Å². The number of aryl methyl sites for hydroxylation is 1. The second kappa shape index (κ2) is 12.5. The quantitative estimate of drug-likeness (QED) is 0.349. The van der Waals surface area contributed by atoms with Crippen molar-refractivity contribution in [1.29, 1.82) is 0 Å². The minimum atomic E-state index is -4.35. The van der Waals surface area contributed by atoms with Gasteiger partial charge < -0.3 is 4.55 Å². The van der Waals surface area contributed by atoms with E-state index in [1.54, 1.807) is 18.2 Å². The van der Waals surface area contributed by atoms with Gasteiger partial charge in [-0.25, -0.2) is 8.42 Å². The van der Waals surface area contributed by atoms with Crippen molar-refractivity contribution in [1.82, 2.24) is 0 Å². The predicted molar refractivity (Wildman–Crippen MR) is 89.9 cm³/mol. The molecule has 23 heavy (non-hydrogen) atoms. The molecular formula is C18H29NaO3S. The summed E-state index contributed by atoms with van der Waals surface area (Å²) in [4.78, 5) is -0.0521. The van der Waals surface area contributed by atoms with Gasteiger partial charge in [0.15, 0.2) is 0 Å². The van der Waals surface area contributed by atoms with Crippen LogP contribution in [0.2, 0.25) is 0 Å². The van der Waals surface area contributed by atoms with Crippen LogP contribution in [0.3, 0.4) is 0 Å². The van der Waals surface area contributed by atoms with Crippen molar-refractivity contribution in [2.24, 2.45) is 5.92 Å². The van der Waals surface area contributed by atoms with E-state index in [2.05, 4.69) is 13.8 Å². The largest absolute Gasteiger partial charge is 1.00 e. The van der Waals surface area contributed by atoms with Crippen LogP contribution in [0.4, 0.5) is 0 Å². The molecule has 0 atom stereocenters. The zero-order chi connectivity index (χ0) is 16.4. The Morgan fingerprint density at radius 2 is 1.43 bits per heavy atom. The third-order valence-electron chi connectivity index (χ3n) is 3.97. The van der Waals surface area contributed by atoms with E-state index in [4.69, 9.17) is 0 Å². The Morgan fingerprint density at radius 1 is 0.913 bits per heavy atom. The summed E-state index contributed by atoms with van der Waals surface area (Å²) in [5, 5.41) is 0. The summed E-state index contributed by atoms with van der Waals surface area (Å²) in [5.74, 6) is 0.803. The van der Waals surface area contributed by atoms with Gasteiger partial charge in [0.2, 0.25) is 0 Å². The Hall–Kier alpha value is 0.130. The van der Waals surface area contributed by atoms with Crippen molar-refractivity contribution >= 4 is 10.1 Å². The molecule has 0 aliphatic rings. The van der Waals surface area contributed by atoms with Crippen LogP contribution in [0.1, 0.15) is 70.8 Å². The predicted octanol–water partition coefficient (Wildman–Crippen LogP) is 1.91. The number of benzene rings is 1. The summed E-state index contributed by atoms with van der Waals surface area (Å²) in [5.41, 5.74) is 0.662. The van der Waals surface area contributed by atoms with Crippen LogP contribution in [-0.4, -0.2) is 13.0 Å². The van der Waals surface area contributed by atoms with E-state index < -0.39 is 10.1 Å². The normalized spacial score (nSPS) is 11.5. The summed E-state index contributed by atoms with van der Waals surface area (Å²) in [7, 11) is -4.35. The first kappa shape index (κ1) is 23.1. The molecule has 5 heteroatoms. The fourth-order valence-electron chi connectivity index (χ4n) is 2.71. The molecule has 0 aliphatic heterocycles. The number of unbranched alkanes of at least 4 members (excludes halogenated alkanes) is 6. The summed E-state index contributed by atoms with van der Waals surface area (Å²) < 4.78 is 33.5. The zero-order valence-corrected chi connectivity index (χ0v) is 17.7. The fraction of sp³-hybridized carbons (Fsp3) is 0.667. The maximum absolute atomic E-state index is 11.2. The van der Waals surface area contributed by atoms with Gasteiger partial charge in [0.1, 0.15) is 10.1 Å². The van der Waals surface area contributed by atoms with Gasteiger partial charge in [-0.15, -0.1) is 0 Å². The van der Waals surface area contributed by atoms with Gasteiger partial charge in [-0.3, -0.25) is 0 Å². The van der Waals surface area contributed by atoms with Crippen molar-refractivity contribution in [3.63, 3.8) is 0 Å². The zero-order valence-electron chi connectivity index (χ0n) is 14.9. The molecule has 3 nitrogen and oxygen atoms in total. The van der Waals surface area contributed by atoms with Crippen molar-refractivity contribution in [2.45, 2.75) is 76.5 Å². The summed E-state index contributed by atoms with van der Waals surface area (Å²) in [6.45, 7) is 4.53. The van der Waals surface area contributed by atoms with Crippen LogP contribution < -0.4 is 29.6 Å². The minimum Gasteiger partial charge on any atom is -0.744 e. The molecule has 0 unspecified atom stereocenters. The Morgan fingerprint density at radius 3 is 2.00 bits per heavy atom. The molecule has 0 amide bonds. The first-order chi connectivity index (χ1) is 10.4. The molecule has 1 aromatic carbocycles. The van der Waals surface area contributed by atoms with E-state index in [0.29, 0.717) is 12.0 Å². The average molecular weight is 348 g/mol. The average Bonchev–Trinajstić information content (AvgIpc) is 2.44. The van der Waals surface area contributed by atoms with E-state index >= 15 is 0 Å². The summed E-state index contributed by atoms with van der Waals surface area (Å²) in [6, 6.07) is 6.55. The molecule has 0 aromatic heterocycles. The van der Waals surface area contributed by atoms with Gasteiger partial charge in [-0.2, -0.15) is 0 Å². The standard InChI is InChI=1S/C18H30O3S.Na/c1-16(2)12-8-6-4-3-5-7-9-13-17-14-10-11-15-18(17)22(19,20)21;/h10-11,14-16H,3-9,12-13H2,1-2H3,(H,19,20,21);/q;+1/p-1. The smallest absolute Gasteiger partial charge is 0.744 e. The Labute approximate surface area is 164 Å². The number of hydrogen-bond donors (Lipinski definition) is 0. The first-order valence-corrected chi connectivity index (χ1v) is 9.86. The molecule has 0 saturated heterocycles. The SMILES string of the molecule is CC(C)CCCCCCCCCc1ccccc1S(=O)(=O)[O-].[Na+]. The summed E-state index contributed by atoms with van der Waals surface area (Å²) >= 11 is 0. The van der Waals surface area contributed by atoms with Crippen LogP contribution in [-0.2, 0) is 16.5 Å². The van der Waals surface area contributed by atoms with Crippen molar-refractivity contribution < 1.29 is 42.5 Å². The molecular weight excluding hydrogens is 319 g/mol. The van der Waals surface area contributed by atoms with Gasteiger partial charge in [-0.05, 0) is 30.4 Å². The monoisotopic (exact) mass is 348 g/mol. The Kier molecular flexibility index (Phi) is 12.6. The third-order valence-corrected chi connectivity index (χ3v) is 4.91. The van der Waals surface area contributed by atoms with E-state index in [0.717, 1.165) is 18.8 Å². The van der Waals surface area contributed by atoms with Crippen molar-refractivity contribution in [3.8, 4) is 0 Å². The molecule has 0 spiro atoms. The van der Waals surface area contributed by atoms with Crippen LogP contribution in [0, 0.1) is 5.92 Å². The second-order valence-corrected chi connectivity index (χ2v) is 7.82. The molecule has 1 rings (SSSR count). The summed E-state index contributed by atoms with van der Waals surface area (Å²) in [6.07, 6.45) is 10.4. The Balaban J connectivity index is 0.00000484. The van der Waals surface area contributed by atoms with E-state index in [1.807, 2.05) is 0 Å². The molecule has 0 bridgehead atoms. The topological polar surface area (TPSA) is 57.2 Å². The van der Waals surface area contributed by atoms with Gasteiger partial charge in [0.25, 0.3) is 0 Å². The molecule has 0 fully saturated rings. The van der Waals surface area contributed by atoms with Gasteiger partial charge in [0.05, 0.1) is 4.90 Å². The van der Waals surface area contributed by atoms with Gasteiger partial charge in [-0.1, -0.05) is 77.0 Å². The van der Waals surface area contributed by atoms with Crippen molar-refractivity contribution in [2.75, 3.05) is 0 Å². The van der Waals surface area contributed by atoms with Gasteiger partial charge >= 0.3 is 29.6 Å². The third kappa shape index (κ3) is 10.6. The van der Waals surface area contributed by atoms with Crippen LogP contribution in [0.15, 0.2) is 29.2 Å². The molecule has 0 aliphatic carbocycles. The number of rotatable bonds is 11. The van der Waals surface area contributed by atoms with Crippen LogP contribution >= 0.6 is 0 Å². The van der Waals surface area contributed by atoms with Crippen molar-refractivity contribution in [3.05, 3.63) is 29.8 Å². The molecule has 0 radical (unpaired) electrons. The van der Waals surface area contributed by atoms with Crippen LogP contribution in [0.5, 0.6) is 0 Å². The molecule has 0 saturated carbocycles. The second-order valence-electron chi connectivity index (χ2n) is 6.47. The van der Waals surface area contributed by atoms with E-state index in [1.165, 1.54) is 44.6 Å². The van der Waals surface area contributed by atoms with Gasteiger partial charge in [0, 0.05) is 0 Å². The maximum Gasteiger partial charge on any atom is 1.00 e.